The summed E-state index contributed by atoms with van der Waals surface area (Å²) < 4.78 is 23.2. The van der Waals surface area contributed by atoms with Gasteiger partial charge in [-0.2, -0.15) is 5.10 Å². The minimum absolute atomic E-state index is 0.267. The van der Waals surface area contributed by atoms with Crippen LogP contribution in [0.25, 0.3) is 0 Å². The van der Waals surface area contributed by atoms with Crippen LogP contribution < -0.4 is 20.2 Å². The van der Waals surface area contributed by atoms with Crippen LogP contribution in [0.15, 0.2) is 47.6 Å². The fourth-order valence-electron chi connectivity index (χ4n) is 2.20. The Hall–Kier alpha value is -3.42. The molecule has 0 aromatic heterocycles. The monoisotopic (exact) mass is 373 g/mol. The second-order valence-corrected chi connectivity index (χ2v) is 5.45. The van der Waals surface area contributed by atoms with E-state index in [1.165, 1.54) is 30.5 Å². The largest absolute Gasteiger partial charge is 0.493 e. The molecule has 0 saturated carbocycles. The van der Waals surface area contributed by atoms with Gasteiger partial charge >= 0.3 is 11.8 Å². The van der Waals surface area contributed by atoms with Gasteiger partial charge in [-0.05, 0) is 41.8 Å². The molecular formula is C19H20FN3O4. The van der Waals surface area contributed by atoms with Crippen LogP contribution in [0.1, 0.15) is 11.1 Å². The molecule has 0 aliphatic rings. The number of hydrogen-bond acceptors (Lipinski definition) is 5. The summed E-state index contributed by atoms with van der Waals surface area (Å²) >= 11 is 0. The lowest BCUT2D eigenvalue weighted by Gasteiger charge is -2.09. The van der Waals surface area contributed by atoms with Crippen molar-refractivity contribution in [3.63, 3.8) is 0 Å². The Morgan fingerprint density at radius 3 is 2.41 bits per heavy atom. The molecule has 0 atom stereocenters. The molecule has 8 heteroatoms. The highest BCUT2D eigenvalue weighted by Crippen LogP contribution is 2.27. The first kappa shape index (κ1) is 19.9. The molecule has 0 heterocycles. The van der Waals surface area contributed by atoms with Crippen molar-refractivity contribution in [3.8, 4) is 11.5 Å². The molecule has 7 nitrogen and oxygen atoms in total. The Bertz CT molecular complexity index is 822. The number of ether oxygens (including phenoxy) is 2. The summed E-state index contributed by atoms with van der Waals surface area (Å²) in [6.07, 6.45) is 1.83. The first-order chi connectivity index (χ1) is 13.0. The van der Waals surface area contributed by atoms with Crippen molar-refractivity contribution in [2.24, 2.45) is 5.10 Å². The minimum Gasteiger partial charge on any atom is -0.493 e. The van der Waals surface area contributed by atoms with E-state index in [1.54, 1.807) is 26.4 Å². The topological polar surface area (TPSA) is 89.0 Å². The molecule has 0 saturated heterocycles. The van der Waals surface area contributed by atoms with Crippen LogP contribution >= 0.6 is 0 Å². The Balaban J connectivity index is 1.78. The molecule has 2 aromatic rings. The van der Waals surface area contributed by atoms with Gasteiger partial charge in [0.05, 0.1) is 20.4 Å². The number of rotatable bonds is 7. The summed E-state index contributed by atoms with van der Waals surface area (Å²) in [5, 5.41) is 6.17. The van der Waals surface area contributed by atoms with Crippen LogP contribution in [-0.2, 0) is 16.0 Å². The van der Waals surface area contributed by atoms with E-state index >= 15 is 0 Å². The van der Waals surface area contributed by atoms with Crippen LogP contribution in [0.3, 0.4) is 0 Å². The summed E-state index contributed by atoms with van der Waals surface area (Å²) in [6, 6.07) is 10.9. The Morgan fingerprint density at radius 2 is 1.74 bits per heavy atom. The predicted octanol–water partition coefficient (Wildman–Crippen LogP) is 1.65. The third-order valence-corrected chi connectivity index (χ3v) is 3.60. The van der Waals surface area contributed by atoms with Gasteiger partial charge in [-0.1, -0.05) is 18.2 Å². The minimum atomic E-state index is -0.888. The molecule has 142 valence electrons. The molecule has 2 N–H and O–H groups in total. The number of halogens is 1. The van der Waals surface area contributed by atoms with Crippen LogP contribution in [0.4, 0.5) is 4.39 Å². The van der Waals surface area contributed by atoms with Gasteiger partial charge in [0.1, 0.15) is 5.82 Å². The van der Waals surface area contributed by atoms with Gasteiger partial charge in [-0.15, -0.1) is 0 Å². The molecule has 0 bridgehead atoms. The number of carbonyl (C=O) groups excluding carboxylic acids is 2. The van der Waals surface area contributed by atoms with E-state index in [0.29, 0.717) is 23.5 Å². The Labute approximate surface area is 156 Å². The highest BCUT2D eigenvalue weighted by Gasteiger charge is 2.12. The van der Waals surface area contributed by atoms with E-state index < -0.39 is 11.8 Å². The average molecular weight is 373 g/mol. The van der Waals surface area contributed by atoms with Gasteiger partial charge < -0.3 is 14.8 Å². The number of benzene rings is 2. The molecule has 0 radical (unpaired) electrons. The molecule has 0 unspecified atom stereocenters. The predicted molar refractivity (Wildman–Crippen MR) is 98.4 cm³/mol. The zero-order valence-electron chi connectivity index (χ0n) is 15.0. The highest BCUT2D eigenvalue weighted by molar-refractivity contribution is 6.35. The van der Waals surface area contributed by atoms with Gasteiger partial charge in [-0.3, -0.25) is 9.59 Å². The van der Waals surface area contributed by atoms with Crippen LogP contribution in [0.5, 0.6) is 11.5 Å². The summed E-state index contributed by atoms with van der Waals surface area (Å²) in [4.78, 5) is 23.4. The quantitative estimate of drug-likeness (QED) is 0.439. The van der Waals surface area contributed by atoms with Gasteiger partial charge in [0.25, 0.3) is 0 Å². The molecular weight excluding hydrogens is 353 g/mol. The standard InChI is InChI=1S/C19H20FN3O4/c1-26-16-8-5-13(11-17(16)27-2)9-10-21-18(24)19(25)23-22-12-14-3-6-15(20)7-4-14/h3-8,11-12H,9-10H2,1-2H3,(H,21,24)(H,23,25). The highest BCUT2D eigenvalue weighted by atomic mass is 19.1. The van der Waals surface area contributed by atoms with Gasteiger partial charge in [0, 0.05) is 6.54 Å². The number of hydrogen-bond donors (Lipinski definition) is 2. The number of methoxy groups -OCH3 is 2. The summed E-state index contributed by atoms with van der Waals surface area (Å²) in [5.74, 6) is -0.852. The summed E-state index contributed by atoms with van der Waals surface area (Å²) in [7, 11) is 3.09. The normalized spacial score (nSPS) is 10.5. The number of hydrazone groups is 1. The third kappa shape index (κ3) is 6.10. The van der Waals surface area contributed by atoms with E-state index in [1.807, 2.05) is 6.07 Å². The van der Waals surface area contributed by atoms with Crippen molar-refractivity contribution in [1.82, 2.24) is 10.7 Å². The fourth-order valence-corrected chi connectivity index (χ4v) is 2.20. The molecule has 0 aliphatic carbocycles. The van der Waals surface area contributed by atoms with Crippen molar-refractivity contribution >= 4 is 18.0 Å². The van der Waals surface area contributed by atoms with E-state index in [0.717, 1.165) is 5.56 Å². The van der Waals surface area contributed by atoms with Crippen LogP contribution in [-0.4, -0.2) is 38.8 Å². The zero-order valence-corrected chi connectivity index (χ0v) is 15.0. The molecule has 2 amide bonds. The van der Waals surface area contributed by atoms with E-state index in [-0.39, 0.29) is 12.4 Å². The maximum absolute atomic E-state index is 12.8. The fraction of sp³-hybridized carbons (Fsp3) is 0.211. The molecule has 0 spiro atoms. The zero-order chi connectivity index (χ0) is 19.6. The van der Waals surface area contributed by atoms with Crippen LogP contribution in [0, 0.1) is 5.82 Å². The number of nitrogens with zero attached hydrogens (tertiary/aromatic N) is 1. The van der Waals surface area contributed by atoms with E-state index in [9.17, 15) is 14.0 Å². The Morgan fingerprint density at radius 1 is 1.04 bits per heavy atom. The Kier molecular flexibility index (Phi) is 7.30. The second-order valence-electron chi connectivity index (χ2n) is 5.45. The molecule has 2 rings (SSSR count). The molecule has 0 fully saturated rings. The van der Waals surface area contributed by atoms with Gasteiger partial charge in [0.15, 0.2) is 11.5 Å². The van der Waals surface area contributed by atoms with Crippen LogP contribution in [0.2, 0.25) is 0 Å². The summed E-state index contributed by atoms with van der Waals surface area (Å²) in [6.45, 7) is 0.267. The van der Waals surface area contributed by atoms with Crippen molar-refractivity contribution in [2.75, 3.05) is 20.8 Å². The lowest BCUT2D eigenvalue weighted by atomic mass is 10.1. The second kappa shape index (κ2) is 9.91. The number of carbonyl (C=O) groups is 2. The maximum atomic E-state index is 12.8. The van der Waals surface area contributed by atoms with Gasteiger partial charge in [0.2, 0.25) is 0 Å². The SMILES string of the molecule is COc1ccc(CCNC(=O)C(=O)NN=Cc2ccc(F)cc2)cc1OC. The van der Waals surface area contributed by atoms with E-state index in [4.69, 9.17) is 9.47 Å². The van der Waals surface area contributed by atoms with Crippen molar-refractivity contribution in [1.29, 1.82) is 0 Å². The first-order valence-corrected chi connectivity index (χ1v) is 8.11. The lowest BCUT2D eigenvalue weighted by molar-refractivity contribution is -0.139. The van der Waals surface area contributed by atoms with Crippen molar-refractivity contribution < 1.29 is 23.5 Å². The maximum Gasteiger partial charge on any atom is 0.329 e. The van der Waals surface area contributed by atoms with Crippen molar-refractivity contribution in [2.45, 2.75) is 6.42 Å². The van der Waals surface area contributed by atoms with E-state index in [2.05, 4.69) is 15.8 Å². The molecule has 27 heavy (non-hydrogen) atoms. The average Bonchev–Trinajstić information content (AvgIpc) is 2.69. The lowest BCUT2D eigenvalue weighted by Crippen LogP contribution is -2.38. The number of amides is 2. The first-order valence-electron chi connectivity index (χ1n) is 8.11. The van der Waals surface area contributed by atoms with Gasteiger partial charge in [-0.25, -0.2) is 9.82 Å². The third-order valence-electron chi connectivity index (χ3n) is 3.60. The summed E-state index contributed by atoms with van der Waals surface area (Å²) in [5.41, 5.74) is 3.62. The van der Waals surface area contributed by atoms with Crippen molar-refractivity contribution in [3.05, 3.63) is 59.4 Å². The number of nitrogens with one attached hydrogen (secondary N) is 2. The smallest absolute Gasteiger partial charge is 0.329 e. The molecule has 0 aliphatic heterocycles. The molecule has 2 aromatic carbocycles.